The number of carboxylic acids is 1. The highest BCUT2D eigenvalue weighted by molar-refractivity contribution is 5.97. The molecule has 0 bridgehead atoms. The number of pyridine rings is 1. The topological polar surface area (TPSA) is 78.2 Å². The Morgan fingerprint density at radius 2 is 1.60 bits per heavy atom. The molecule has 4 aromatic rings. The van der Waals surface area contributed by atoms with Crippen molar-refractivity contribution in [1.29, 1.82) is 0 Å². The van der Waals surface area contributed by atoms with Crippen molar-refractivity contribution >= 4 is 28.2 Å². The van der Waals surface area contributed by atoms with Crippen molar-refractivity contribution in [3.63, 3.8) is 0 Å². The quantitative estimate of drug-likeness (QED) is 0.337. The lowest BCUT2D eigenvalue weighted by Crippen LogP contribution is -2.47. The van der Waals surface area contributed by atoms with Crippen molar-refractivity contribution in [3.05, 3.63) is 93.8 Å². The third-order valence-electron chi connectivity index (χ3n) is 8.19. The van der Waals surface area contributed by atoms with E-state index in [1.165, 1.54) is 38.3 Å². The molecule has 0 unspecified atom stereocenters. The number of likely N-dealkylation sites (tertiary alicyclic amines) is 1. The summed E-state index contributed by atoms with van der Waals surface area (Å²) in [5.74, 6) is -2.23. The van der Waals surface area contributed by atoms with Gasteiger partial charge in [-0.25, -0.2) is 13.6 Å². The fourth-order valence-electron chi connectivity index (χ4n) is 6.08. The van der Waals surface area contributed by atoms with Gasteiger partial charge in [-0.15, -0.1) is 0 Å². The van der Waals surface area contributed by atoms with E-state index in [9.17, 15) is 19.1 Å². The number of aromatic nitrogens is 1. The summed E-state index contributed by atoms with van der Waals surface area (Å²) in [6.07, 6.45) is 3.67. The normalized spacial score (nSPS) is 15.9. The number of carboxylic acid groups (broad SMARTS) is 1. The van der Waals surface area contributed by atoms with Crippen LogP contribution in [0.3, 0.4) is 0 Å². The molecule has 3 heterocycles. The van der Waals surface area contributed by atoms with E-state index in [0.29, 0.717) is 37.4 Å². The van der Waals surface area contributed by atoms with Crippen molar-refractivity contribution in [2.45, 2.75) is 19.4 Å². The first-order valence-corrected chi connectivity index (χ1v) is 14.1. The van der Waals surface area contributed by atoms with Gasteiger partial charge in [-0.05, 0) is 67.9 Å². The van der Waals surface area contributed by atoms with E-state index in [1.54, 1.807) is 10.6 Å². The second kappa shape index (κ2) is 11.4. The molecule has 42 heavy (non-hydrogen) atoms. The van der Waals surface area contributed by atoms with E-state index in [-0.39, 0.29) is 22.6 Å². The van der Waals surface area contributed by atoms with Crippen LogP contribution in [0.1, 0.15) is 28.8 Å². The molecule has 6 rings (SSSR count). The second-order valence-corrected chi connectivity index (χ2v) is 10.8. The molecular formula is C32H32F2N4O4. The average Bonchev–Trinajstić information content (AvgIpc) is 3.50. The molecule has 2 aliphatic heterocycles. The molecule has 0 saturated carbocycles. The highest BCUT2D eigenvalue weighted by Crippen LogP contribution is 2.40. The zero-order valence-electron chi connectivity index (χ0n) is 23.4. The third-order valence-corrected chi connectivity index (χ3v) is 8.19. The number of aromatic carboxylic acids is 1. The van der Waals surface area contributed by atoms with Crippen molar-refractivity contribution in [2.24, 2.45) is 0 Å². The summed E-state index contributed by atoms with van der Waals surface area (Å²) in [5.41, 5.74) is 1.76. The molecule has 0 aliphatic carbocycles. The predicted molar refractivity (Wildman–Crippen MR) is 158 cm³/mol. The number of carbonyl (C=O) groups is 1. The predicted octanol–water partition coefficient (Wildman–Crippen LogP) is 4.90. The standard InChI is InChI=1S/C32H32F2N4O4/c1-42-31-28-25(18-27(34)29(31)37-15-13-36(14-16-37)24-6-4-5-22(33)17-24)30(39)26(32(40)41)20-38(28)23-9-7-21(8-10-23)19-35-11-2-3-12-35/h4-10,17-18,20H,2-3,11-16,19H2,1H3,(H,40,41). The summed E-state index contributed by atoms with van der Waals surface area (Å²) in [6, 6.07) is 15.2. The van der Waals surface area contributed by atoms with Gasteiger partial charge in [0.25, 0.3) is 0 Å². The van der Waals surface area contributed by atoms with Crippen molar-refractivity contribution < 1.29 is 23.4 Å². The lowest BCUT2D eigenvalue weighted by atomic mass is 10.1. The molecule has 8 nitrogen and oxygen atoms in total. The Morgan fingerprint density at radius 3 is 2.24 bits per heavy atom. The fraction of sp³-hybridized carbons (Fsp3) is 0.312. The first-order chi connectivity index (χ1) is 20.3. The van der Waals surface area contributed by atoms with E-state index in [1.807, 2.05) is 40.1 Å². The lowest BCUT2D eigenvalue weighted by molar-refractivity contribution is 0.0695. The third kappa shape index (κ3) is 5.18. The van der Waals surface area contributed by atoms with Crippen LogP contribution >= 0.6 is 0 Å². The van der Waals surface area contributed by atoms with Crippen LogP contribution in [0.25, 0.3) is 16.6 Å². The van der Waals surface area contributed by atoms with Gasteiger partial charge in [-0.1, -0.05) is 18.2 Å². The number of ether oxygens (including phenoxy) is 1. The van der Waals surface area contributed by atoms with Gasteiger partial charge < -0.3 is 24.2 Å². The number of fused-ring (bicyclic) bond motifs is 1. The zero-order chi connectivity index (χ0) is 29.4. The molecule has 2 fully saturated rings. The minimum atomic E-state index is -1.39. The van der Waals surface area contributed by atoms with Crippen LogP contribution < -0.4 is 20.0 Å². The molecule has 2 saturated heterocycles. The zero-order valence-corrected chi connectivity index (χ0v) is 23.4. The first-order valence-electron chi connectivity index (χ1n) is 14.1. The van der Waals surface area contributed by atoms with Crippen LogP contribution in [0.5, 0.6) is 5.75 Å². The number of methoxy groups -OCH3 is 1. The van der Waals surface area contributed by atoms with Gasteiger partial charge in [0, 0.05) is 50.3 Å². The van der Waals surface area contributed by atoms with Crippen LogP contribution in [0.15, 0.2) is 65.6 Å². The van der Waals surface area contributed by atoms with E-state index < -0.39 is 22.8 Å². The van der Waals surface area contributed by atoms with Gasteiger partial charge in [0.05, 0.1) is 12.5 Å². The Morgan fingerprint density at radius 1 is 0.905 bits per heavy atom. The van der Waals surface area contributed by atoms with Gasteiger partial charge in [-0.3, -0.25) is 9.69 Å². The molecule has 0 spiro atoms. The molecule has 0 atom stereocenters. The number of halogens is 2. The maximum atomic E-state index is 15.8. The molecule has 1 aromatic heterocycles. The van der Waals surface area contributed by atoms with E-state index in [4.69, 9.17) is 4.74 Å². The second-order valence-electron chi connectivity index (χ2n) is 10.8. The smallest absolute Gasteiger partial charge is 0.341 e. The van der Waals surface area contributed by atoms with Crippen LogP contribution in [-0.2, 0) is 6.54 Å². The number of hydrogen-bond donors (Lipinski definition) is 1. The molecule has 1 N–H and O–H groups in total. The number of hydrogen-bond acceptors (Lipinski definition) is 6. The average molecular weight is 575 g/mol. The van der Waals surface area contributed by atoms with Crippen LogP contribution in [0.4, 0.5) is 20.2 Å². The Kier molecular flexibility index (Phi) is 7.55. The van der Waals surface area contributed by atoms with Gasteiger partial charge in [-0.2, -0.15) is 0 Å². The number of anilines is 2. The van der Waals surface area contributed by atoms with E-state index in [0.717, 1.165) is 37.0 Å². The summed E-state index contributed by atoms with van der Waals surface area (Å²) < 4.78 is 37.0. The van der Waals surface area contributed by atoms with Crippen molar-refractivity contribution in [1.82, 2.24) is 9.47 Å². The molecule has 0 radical (unpaired) electrons. The van der Waals surface area contributed by atoms with Crippen molar-refractivity contribution in [2.75, 3.05) is 56.2 Å². The van der Waals surface area contributed by atoms with Crippen LogP contribution in [-0.4, -0.2) is 66.9 Å². The maximum absolute atomic E-state index is 15.8. The minimum Gasteiger partial charge on any atom is -0.492 e. The molecule has 218 valence electrons. The first kappa shape index (κ1) is 27.7. The fourth-order valence-corrected chi connectivity index (χ4v) is 6.08. The summed E-state index contributed by atoms with van der Waals surface area (Å²) >= 11 is 0. The molecule has 3 aromatic carbocycles. The van der Waals surface area contributed by atoms with Gasteiger partial charge in [0.2, 0.25) is 5.43 Å². The van der Waals surface area contributed by atoms with Gasteiger partial charge >= 0.3 is 5.97 Å². The van der Waals surface area contributed by atoms with Crippen LogP contribution in [0, 0.1) is 11.6 Å². The minimum absolute atomic E-state index is 0.0764. The maximum Gasteiger partial charge on any atom is 0.341 e. The number of rotatable bonds is 7. The summed E-state index contributed by atoms with van der Waals surface area (Å²) in [7, 11) is 1.42. The Hall–Kier alpha value is -4.44. The number of piperazine rings is 1. The number of benzene rings is 3. The lowest BCUT2D eigenvalue weighted by Gasteiger charge is -2.38. The van der Waals surface area contributed by atoms with E-state index in [2.05, 4.69) is 4.90 Å². The Balaban J connectivity index is 1.42. The van der Waals surface area contributed by atoms with Gasteiger partial charge in [0.1, 0.15) is 22.6 Å². The van der Waals surface area contributed by atoms with Gasteiger partial charge in [0.15, 0.2) is 11.6 Å². The molecular weight excluding hydrogens is 542 g/mol. The summed E-state index contributed by atoms with van der Waals surface area (Å²) in [4.78, 5) is 31.6. The summed E-state index contributed by atoms with van der Waals surface area (Å²) in [5, 5.41) is 9.73. The van der Waals surface area contributed by atoms with Crippen molar-refractivity contribution in [3.8, 4) is 11.4 Å². The largest absolute Gasteiger partial charge is 0.492 e. The molecule has 10 heteroatoms. The number of nitrogens with zero attached hydrogens (tertiary/aromatic N) is 4. The molecule has 0 amide bonds. The summed E-state index contributed by atoms with van der Waals surface area (Å²) in [6.45, 7) is 4.86. The van der Waals surface area contributed by atoms with E-state index >= 15 is 4.39 Å². The monoisotopic (exact) mass is 574 g/mol. The molecule has 2 aliphatic rings. The van der Waals surface area contributed by atoms with Crippen LogP contribution in [0.2, 0.25) is 0 Å². The highest BCUT2D eigenvalue weighted by atomic mass is 19.1. The highest BCUT2D eigenvalue weighted by Gasteiger charge is 2.28. The Labute approximate surface area is 242 Å². The SMILES string of the molecule is COc1c(N2CCN(c3cccc(F)c3)CC2)c(F)cc2c(=O)c(C(=O)O)cn(-c3ccc(CN4CCCC4)cc3)c12. The Bertz CT molecular complexity index is 1690.